The van der Waals surface area contributed by atoms with Crippen LogP contribution in [0.4, 0.5) is 0 Å². The molecule has 0 aromatic carbocycles. The summed E-state index contributed by atoms with van der Waals surface area (Å²) in [7, 11) is 0. The summed E-state index contributed by atoms with van der Waals surface area (Å²) in [5, 5.41) is 0. The Labute approximate surface area is 98.4 Å². The fourth-order valence-corrected chi connectivity index (χ4v) is 1.94. The lowest BCUT2D eigenvalue weighted by atomic mass is 10.2. The van der Waals surface area contributed by atoms with Gasteiger partial charge in [-0.2, -0.15) is 0 Å². The van der Waals surface area contributed by atoms with Gasteiger partial charge in [0.2, 0.25) is 0 Å². The van der Waals surface area contributed by atoms with E-state index in [4.69, 9.17) is 10.5 Å². The van der Waals surface area contributed by atoms with E-state index in [0.29, 0.717) is 10.8 Å². The molecular weight excluding hydrogens is 226 g/mol. The number of hydrogen-bond donors (Lipinski definition) is 1. The van der Waals surface area contributed by atoms with E-state index in [-0.39, 0.29) is 0 Å². The summed E-state index contributed by atoms with van der Waals surface area (Å²) in [4.78, 5) is 23.9. The third-order valence-electron chi connectivity index (χ3n) is 2.08. The third-order valence-corrected chi connectivity index (χ3v) is 3.45. The first-order valence-electron chi connectivity index (χ1n) is 5.02. The van der Waals surface area contributed by atoms with Crippen LogP contribution in [-0.2, 0) is 9.53 Å². The number of primary amides is 1. The molecule has 1 aromatic heterocycles. The van der Waals surface area contributed by atoms with Gasteiger partial charge in [0.25, 0.3) is 5.91 Å². The Morgan fingerprint density at radius 2 is 1.94 bits per heavy atom. The maximum absolute atomic E-state index is 11.6. The van der Waals surface area contributed by atoms with Crippen molar-refractivity contribution >= 4 is 23.2 Å². The predicted molar refractivity (Wildman–Crippen MR) is 62.5 cm³/mol. The SMILES string of the molecule is CC(C)c1ccc(C(=O)O[C@H](C)C(N)=O)s1. The molecule has 0 spiro atoms. The highest BCUT2D eigenvalue weighted by Crippen LogP contribution is 2.24. The van der Waals surface area contributed by atoms with Crippen LogP contribution < -0.4 is 5.73 Å². The number of carbonyl (C=O) groups excluding carboxylic acids is 2. The van der Waals surface area contributed by atoms with Crippen LogP contribution in [0.5, 0.6) is 0 Å². The number of nitrogens with two attached hydrogens (primary N) is 1. The van der Waals surface area contributed by atoms with Gasteiger partial charge >= 0.3 is 5.97 Å². The van der Waals surface area contributed by atoms with Gasteiger partial charge in [-0.15, -0.1) is 11.3 Å². The highest BCUT2D eigenvalue weighted by Gasteiger charge is 2.18. The van der Waals surface area contributed by atoms with E-state index >= 15 is 0 Å². The molecule has 0 aliphatic carbocycles. The summed E-state index contributed by atoms with van der Waals surface area (Å²) < 4.78 is 4.89. The molecular formula is C11H15NO3S. The van der Waals surface area contributed by atoms with E-state index in [9.17, 15) is 9.59 Å². The van der Waals surface area contributed by atoms with Gasteiger partial charge in [0.15, 0.2) is 6.10 Å². The number of rotatable bonds is 4. The van der Waals surface area contributed by atoms with Gasteiger partial charge in [0.05, 0.1) is 0 Å². The van der Waals surface area contributed by atoms with Crippen molar-refractivity contribution in [3.05, 3.63) is 21.9 Å². The molecule has 0 saturated carbocycles. The summed E-state index contributed by atoms with van der Waals surface area (Å²) in [6, 6.07) is 3.59. The van der Waals surface area contributed by atoms with Crippen molar-refractivity contribution in [1.82, 2.24) is 0 Å². The van der Waals surface area contributed by atoms with Crippen molar-refractivity contribution in [2.45, 2.75) is 32.8 Å². The Kier molecular flexibility index (Phi) is 4.06. The second-order valence-electron chi connectivity index (χ2n) is 3.81. The van der Waals surface area contributed by atoms with Gasteiger partial charge in [0.1, 0.15) is 4.88 Å². The van der Waals surface area contributed by atoms with Gasteiger partial charge in [-0.05, 0) is 25.0 Å². The quantitative estimate of drug-likeness (QED) is 0.818. The van der Waals surface area contributed by atoms with Gasteiger partial charge < -0.3 is 10.5 Å². The summed E-state index contributed by atoms with van der Waals surface area (Å²) >= 11 is 1.38. The van der Waals surface area contributed by atoms with E-state index in [1.54, 1.807) is 6.07 Å². The minimum absolute atomic E-state index is 0.375. The second-order valence-corrected chi connectivity index (χ2v) is 4.92. The molecule has 0 aliphatic rings. The van der Waals surface area contributed by atoms with Crippen LogP contribution in [0.15, 0.2) is 12.1 Å². The first kappa shape index (κ1) is 12.7. The highest BCUT2D eigenvalue weighted by molar-refractivity contribution is 7.14. The molecule has 88 valence electrons. The smallest absolute Gasteiger partial charge is 0.349 e. The van der Waals surface area contributed by atoms with E-state index in [2.05, 4.69) is 0 Å². The van der Waals surface area contributed by atoms with Crippen molar-refractivity contribution in [3.63, 3.8) is 0 Å². The summed E-state index contributed by atoms with van der Waals surface area (Å²) in [6.45, 7) is 5.55. The van der Waals surface area contributed by atoms with Crippen LogP contribution in [0, 0.1) is 0 Å². The van der Waals surface area contributed by atoms with Crippen LogP contribution in [0.3, 0.4) is 0 Å². The molecule has 5 heteroatoms. The van der Waals surface area contributed by atoms with E-state index in [0.717, 1.165) is 4.88 Å². The molecule has 1 atom stereocenters. The molecule has 1 heterocycles. The number of thiophene rings is 1. The number of carbonyl (C=O) groups is 2. The van der Waals surface area contributed by atoms with Crippen molar-refractivity contribution in [2.24, 2.45) is 5.73 Å². The zero-order valence-corrected chi connectivity index (χ0v) is 10.3. The zero-order valence-electron chi connectivity index (χ0n) is 9.52. The number of ether oxygens (including phenoxy) is 1. The minimum atomic E-state index is -0.892. The lowest BCUT2D eigenvalue weighted by molar-refractivity contribution is -0.125. The van der Waals surface area contributed by atoms with Crippen LogP contribution >= 0.6 is 11.3 Å². The molecule has 4 nitrogen and oxygen atoms in total. The topological polar surface area (TPSA) is 69.4 Å². The largest absolute Gasteiger partial charge is 0.448 e. The lowest BCUT2D eigenvalue weighted by Gasteiger charge is -2.07. The Bertz CT molecular complexity index is 398. The maximum Gasteiger partial charge on any atom is 0.349 e. The van der Waals surface area contributed by atoms with Crippen LogP contribution in [0.2, 0.25) is 0 Å². The molecule has 0 saturated heterocycles. The number of hydrogen-bond acceptors (Lipinski definition) is 4. The van der Waals surface area contributed by atoms with Crippen LogP contribution in [0.1, 0.15) is 41.2 Å². The van der Waals surface area contributed by atoms with E-state index in [1.807, 2.05) is 19.9 Å². The number of amides is 1. The fourth-order valence-electron chi connectivity index (χ4n) is 1.05. The molecule has 0 bridgehead atoms. The Morgan fingerprint density at radius 1 is 1.31 bits per heavy atom. The average Bonchev–Trinajstić information content (AvgIpc) is 2.65. The molecule has 1 rings (SSSR count). The summed E-state index contributed by atoms with van der Waals surface area (Å²) in [5.41, 5.74) is 5.00. The Balaban J connectivity index is 2.70. The molecule has 0 radical (unpaired) electrons. The normalized spacial score (nSPS) is 12.5. The third kappa shape index (κ3) is 3.06. The fraction of sp³-hybridized carbons (Fsp3) is 0.455. The number of esters is 1. The summed E-state index contributed by atoms with van der Waals surface area (Å²) in [6.07, 6.45) is -0.892. The van der Waals surface area contributed by atoms with Gasteiger partial charge in [-0.3, -0.25) is 4.79 Å². The molecule has 1 amide bonds. The van der Waals surface area contributed by atoms with Crippen molar-refractivity contribution < 1.29 is 14.3 Å². The predicted octanol–water partition coefficient (Wildman–Crippen LogP) is 1.90. The Hall–Kier alpha value is -1.36. The second kappa shape index (κ2) is 5.12. The van der Waals surface area contributed by atoms with Crippen molar-refractivity contribution in [1.29, 1.82) is 0 Å². The summed E-state index contributed by atoms with van der Waals surface area (Å²) in [5.74, 6) is -0.766. The molecule has 2 N–H and O–H groups in total. The van der Waals surface area contributed by atoms with E-state index < -0.39 is 18.0 Å². The lowest BCUT2D eigenvalue weighted by Crippen LogP contribution is -2.30. The van der Waals surface area contributed by atoms with Crippen molar-refractivity contribution in [3.8, 4) is 0 Å². The molecule has 0 unspecified atom stereocenters. The van der Waals surface area contributed by atoms with Gasteiger partial charge in [0, 0.05) is 4.88 Å². The standard InChI is InChI=1S/C11H15NO3S/c1-6(2)8-4-5-9(16-8)11(14)15-7(3)10(12)13/h4-7H,1-3H3,(H2,12,13)/t7-/m1/s1. The molecule has 0 fully saturated rings. The highest BCUT2D eigenvalue weighted by atomic mass is 32.1. The monoisotopic (exact) mass is 241 g/mol. The minimum Gasteiger partial charge on any atom is -0.448 e. The molecule has 16 heavy (non-hydrogen) atoms. The van der Waals surface area contributed by atoms with Gasteiger partial charge in [-0.25, -0.2) is 4.79 Å². The molecule has 1 aromatic rings. The first-order chi connectivity index (χ1) is 7.41. The first-order valence-corrected chi connectivity index (χ1v) is 5.83. The molecule has 0 aliphatic heterocycles. The average molecular weight is 241 g/mol. The zero-order chi connectivity index (χ0) is 12.3. The van der Waals surface area contributed by atoms with E-state index in [1.165, 1.54) is 18.3 Å². The van der Waals surface area contributed by atoms with Crippen molar-refractivity contribution in [2.75, 3.05) is 0 Å². The van der Waals surface area contributed by atoms with Crippen LogP contribution in [-0.4, -0.2) is 18.0 Å². The van der Waals surface area contributed by atoms with Gasteiger partial charge in [-0.1, -0.05) is 13.8 Å². The Morgan fingerprint density at radius 3 is 2.38 bits per heavy atom. The van der Waals surface area contributed by atoms with Crippen LogP contribution in [0.25, 0.3) is 0 Å². The maximum atomic E-state index is 11.6.